The minimum absolute atomic E-state index is 0.0740. The number of piperazine rings is 2. The number of hydrogen-bond donors (Lipinski definition) is 2. The van der Waals surface area contributed by atoms with Crippen molar-refractivity contribution in [3.05, 3.63) is 29.8 Å². The molecule has 2 atom stereocenters. The topological polar surface area (TPSA) is 89.9 Å². The summed E-state index contributed by atoms with van der Waals surface area (Å²) in [7, 11) is 0. The van der Waals surface area contributed by atoms with Crippen molar-refractivity contribution in [3.63, 3.8) is 0 Å². The Morgan fingerprint density at radius 2 is 1.79 bits per heavy atom. The standard InChI is InChI=1S/C21H27N3O4/c25-16-8-6-14(7-9-16)12-17-21(28)24-11-10-23(13-18(24)19(26)22-17)20(27)15-4-2-1-3-5-15/h6-9,15,17-18,25H,1-5,10-13H2,(H,22,26)/t17-,18-/m1/s1. The van der Waals surface area contributed by atoms with Gasteiger partial charge < -0.3 is 20.2 Å². The molecule has 7 nitrogen and oxygen atoms in total. The van der Waals surface area contributed by atoms with Gasteiger partial charge in [-0.3, -0.25) is 14.4 Å². The molecule has 0 aromatic heterocycles. The van der Waals surface area contributed by atoms with Crippen molar-refractivity contribution in [2.75, 3.05) is 19.6 Å². The largest absolute Gasteiger partial charge is 0.508 e. The second-order valence-electron chi connectivity index (χ2n) is 8.10. The van der Waals surface area contributed by atoms with Gasteiger partial charge in [0, 0.05) is 25.4 Å². The van der Waals surface area contributed by atoms with Gasteiger partial charge in [-0.2, -0.15) is 0 Å². The summed E-state index contributed by atoms with van der Waals surface area (Å²) in [5.74, 6) is 0.101. The first-order valence-corrected chi connectivity index (χ1v) is 10.2. The molecule has 0 spiro atoms. The zero-order valence-corrected chi connectivity index (χ0v) is 16.0. The maximum absolute atomic E-state index is 12.9. The molecule has 2 N–H and O–H groups in total. The van der Waals surface area contributed by atoms with E-state index in [1.807, 2.05) is 0 Å². The molecule has 0 bridgehead atoms. The van der Waals surface area contributed by atoms with Crippen LogP contribution in [0.5, 0.6) is 5.75 Å². The highest BCUT2D eigenvalue weighted by Gasteiger charge is 2.44. The second kappa shape index (κ2) is 7.81. The van der Waals surface area contributed by atoms with Crippen LogP contribution in [0, 0.1) is 5.92 Å². The number of hydrogen-bond acceptors (Lipinski definition) is 4. The third kappa shape index (κ3) is 3.70. The van der Waals surface area contributed by atoms with E-state index < -0.39 is 12.1 Å². The van der Waals surface area contributed by atoms with E-state index in [1.54, 1.807) is 34.1 Å². The second-order valence-corrected chi connectivity index (χ2v) is 8.10. The quantitative estimate of drug-likeness (QED) is 0.814. The molecule has 3 amide bonds. The number of nitrogens with one attached hydrogen (secondary N) is 1. The number of phenolic OH excluding ortho intramolecular Hbond substituents is 1. The van der Waals surface area contributed by atoms with E-state index in [0.29, 0.717) is 26.1 Å². The predicted octanol–water partition coefficient (Wildman–Crippen LogP) is 1.05. The van der Waals surface area contributed by atoms with Crippen LogP contribution in [-0.4, -0.2) is 64.3 Å². The van der Waals surface area contributed by atoms with Crippen LogP contribution in [-0.2, 0) is 20.8 Å². The molecule has 0 unspecified atom stereocenters. The van der Waals surface area contributed by atoms with Crippen LogP contribution in [0.4, 0.5) is 0 Å². The summed E-state index contributed by atoms with van der Waals surface area (Å²) in [6.45, 7) is 1.19. The van der Waals surface area contributed by atoms with Crippen LogP contribution in [0.2, 0.25) is 0 Å². The summed E-state index contributed by atoms with van der Waals surface area (Å²) in [5.41, 5.74) is 0.876. The number of carbonyl (C=O) groups excluding carboxylic acids is 3. The first kappa shape index (κ1) is 18.8. The summed E-state index contributed by atoms with van der Waals surface area (Å²) >= 11 is 0. The van der Waals surface area contributed by atoms with Gasteiger partial charge in [-0.15, -0.1) is 0 Å². The molecule has 28 heavy (non-hydrogen) atoms. The first-order chi connectivity index (χ1) is 13.5. The summed E-state index contributed by atoms with van der Waals surface area (Å²) in [6, 6.07) is 5.45. The Balaban J connectivity index is 1.41. The fraction of sp³-hybridized carbons (Fsp3) is 0.571. The lowest BCUT2D eigenvalue weighted by atomic mass is 9.88. The number of benzene rings is 1. The van der Waals surface area contributed by atoms with Gasteiger partial charge in [0.05, 0.1) is 6.54 Å². The van der Waals surface area contributed by atoms with Crippen LogP contribution in [0.1, 0.15) is 37.7 Å². The van der Waals surface area contributed by atoms with E-state index in [2.05, 4.69) is 5.32 Å². The number of rotatable bonds is 3. The van der Waals surface area contributed by atoms with Crippen molar-refractivity contribution in [1.29, 1.82) is 0 Å². The molecule has 150 valence electrons. The SMILES string of the molecule is O=C1N[C@H](Cc2ccc(O)cc2)C(=O)N2CCN(C(=O)C3CCCCC3)C[C@H]12. The fourth-order valence-corrected chi connectivity index (χ4v) is 4.61. The molecule has 1 aliphatic carbocycles. The summed E-state index contributed by atoms with van der Waals surface area (Å²) in [6.07, 6.45) is 5.64. The van der Waals surface area contributed by atoms with Gasteiger partial charge in [0.15, 0.2) is 0 Å². The van der Waals surface area contributed by atoms with Crippen molar-refractivity contribution >= 4 is 17.7 Å². The van der Waals surface area contributed by atoms with Crippen LogP contribution < -0.4 is 5.32 Å². The van der Waals surface area contributed by atoms with E-state index in [9.17, 15) is 19.5 Å². The van der Waals surface area contributed by atoms with E-state index in [4.69, 9.17) is 0 Å². The van der Waals surface area contributed by atoms with Crippen LogP contribution in [0.25, 0.3) is 0 Å². The Labute approximate surface area is 164 Å². The van der Waals surface area contributed by atoms with Crippen LogP contribution in [0.15, 0.2) is 24.3 Å². The van der Waals surface area contributed by atoms with Crippen molar-refractivity contribution < 1.29 is 19.5 Å². The van der Waals surface area contributed by atoms with E-state index in [1.165, 1.54) is 6.42 Å². The number of amides is 3. The van der Waals surface area contributed by atoms with Crippen molar-refractivity contribution in [2.45, 2.75) is 50.6 Å². The molecule has 0 radical (unpaired) electrons. The minimum Gasteiger partial charge on any atom is -0.508 e. The van der Waals surface area contributed by atoms with Crippen LogP contribution >= 0.6 is 0 Å². The maximum atomic E-state index is 12.9. The summed E-state index contributed by atoms with van der Waals surface area (Å²) in [5, 5.41) is 12.2. The molecule has 1 aromatic carbocycles. The van der Waals surface area contributed by atoms with Gasteiger partial charge in [-0.05, 0) is 30.5 Å². The lowest BCUT2D eigenvalue weighted by Gasteiger charge is -2.46. The van der Waals surface area contributed by atoms with Crippen molar-refractivity contribution in [3.8, 4) is 5.75 Å². The van der Waals surface area contributed by atoms with Crippen molar-refractivity contribution in [2.24, 2.45) is 5.92 Å². The monoisotopic (exact) mass is 385 g/mol. The minimum atomic E-state index is -0.603. The molecule has 7 heteroatoms. The third-order valence-electron chi connectivity index (χ3n) is 6.22. The molecule has 4 rings (SSSR count). The van der Waals surface area contributed by atoms with Gasteiger partial charge in [0.2, 0.25) is 17.7 Å². The third-order valence-corrected chi connectivity index (χ3v) is 6.22. The van der Waals surface area contributed by atoms with E-state index >= 15 is 0 Å². The van der Waals surface area contributed by atoms with Gasteiger partial charge in [-0.1, -0.05) is 31.4 Å². The Morgan fingerprint density at radius 1 is 1.07 bits per heavy atom. The van der Waals surface area contributed by atoms with Gasteiger partial charge >= 0.3 is 0 Å². The molecule has 2 aliphatic heterocycles. The number of phenols is 1. The first-order valence-electron chi connectivity index (χ1n) is 10.2. The molecule has 3 aliphatic rings. The number of fused-ring (bicyclic) bond motifs is 1. The summed E-state index contributed by atoms with van der Waals surface area (Å²) < 4.78 is 0. The molecular weight excluding hydrogens is 358 g/mol. The van der Waals surface area contributed by atoms with Gasteiger partial charge in [-0.25, -0.2) is 0 Å². The fourth-order valence-electron chi connectivity index (χ4n) is 4.61. The lowest BCUT2D eigenvalue weighted by Crippen LogP contribution is -2.70. The maximum Gasteiger partial charge on any atom is 0.246 e. The Morgan fingerprint density at radius 3 is 2.50 bits per heavy atom. The predicted molar refractivity (Wildman–Crippen MR) is 102 cm³/mol. The molecule has 3 fully saturated rings. The number of carbonyl (C=O) groups is 3. The average molecular weight is 385 g/mol. The number of nitrogens with zero attached hydrogens (tertiary/aromatic N) is 2. The average Bonchev–Trinajstić information content (AvgIpc) is 2.73. The highest BCUT2D eigenvalue weighted by Crippen LogP contribution is 2.27. The van der Waals surface area contributed by atoms with Gasteiger partial charge in [0.25, 0.3) is 0 Å². The molecule has 2 heterocycles. The summed E-state index contributed by atoms with van der Waals surface area (Å²) in [4.78, 5) is 41.8. The Bertz CT molecular complexity index is 757. The number of aromatic hydroxyl groups is 1. The normalized spacial score (nSPS) is 26.0. The highest BCUT2D eigenvalue weighted by atomic mass is 16.3. The lowest BCUT2D eigenvalue weighted by molar-refractivity contribution is -0.156. The van der Waals surface area contributed by atoms with Crippen LogP contribution in [0.3, 0.4) is 0 Å². The molecule has 1 saturated carbocycles. The van der Waals surface area contributed by atoms with Gasteiger partial charge in [0.1, 0.15) is 17.8 Å². The Hall–Kier alpha value is -2.57. The van der Waals surface area contributed by atoms with Crippen molar-refractivity contribution in [1.82, 2.24) is 15.1 Å². The smallest absolute Gasteiger partial charge is 0.246 e. The zero-order chi connectivity index (χ0) is 19.7. The van der Waals surface area contributed by atoms with E-state index in [-0.39, 0.29) is 29.4 Å². The molecular formula is C21H27N3O4. The highest BCUT2D eigenvalue weighted by molar-refractivity contribution is 5.98. The van der Waals surface area contributed by atoms with E-state index in [0.717, 1.165) is 31.2 Å². The molecule has 1 aromatic rings. The zero-order valence-electron chi connectivity index (χ0n) is 16.0. The Kier molecular flexibility index (Phi) is 5.24. The molecule has 2 saturated heterocycles.